The highest BCUT2D eigenvalue weighted by molar-refractivity contribution is 6.17. The molecule has 0 aliphatic heterocycles. The Bertz CT molecular complexity index is 1120. The highest BCUT2D eigenvalue weighted by Crippen LogP contribution is 2.37. The van der Waals surface area contributed by atoms with Crippen molar-refractivity contribution < 1.29 is 4.74 Å². The lowest BCUT2D eigenvalue weighted by molar-refractivity contribution is 0.471. The van der Waals surface area contributed by atoms with Gasteiger partial charge in [-0.3, -0.25) is 0 Å². The molecular weight excluding hydrogens is 384 g/mol. The highest BCUT2D eigenvalue weighted by Gasteiger charge is 2.14. The zero-order valence-corrected chi connectivity index (χ0v) is 16.8. The molecule has 3 aromatic carbocycles. The molecular formula is C23H19ClN4O. The number of benzene rings is 3. The molecule has 0 bridgehead atoms. The second kappa shape index (κ2) is 8.56. The molecule has 0 aliphatic carbocycles. The summed E-state index contributed by atoms with van der Waals surface area (Å²) in [5, 5.41) is 21.3. The summed E-state index contributed by atoms with van der Waals surface area (Å²) < 4.78 is 6.20. The van der Waals surface area contributed by atoms with Gasteiger partial charge in [-0.1, -0.05) is 0 Å². The molecule has 0 saturated carbocycles. The van der Waals surface area contributed by atoms with E-state index >= 15 is 0 Å². The first kappa shape index (κ1) is 20.1. The van der Waals surface area contributed by atoms with Gasteiger partial charge < -0.3 is 15.8 Å². The number of halogens is 1. The van der Waals surface area contributed by atoms with Crippen LogP contribution >= 0.6 is 11.6 Å². The minimum absolute atomic E-state index is 0.241. The third-order valence-electron chi connectivity index (χ3n) is 4.47. The summed E-state index contributed by atoms with van der Waals surface area (Å²) in [4.78, 5) is 0. The smallest absolute Gasteiger partial charge is 0.134 e. The van der Waals surface area contributed by atoms with Gasteiger partial charge in [0.05, 0.1) is 40.5 Å². The van der Waals surface area contributed by atoms with Gasteiger partial charge in [0.25, 0.3) is 0 Å². The molecule has 29 heavy (non-hydrogen) atoms. The first-order chi connectivity index (χ1) is 13.9. The fourth-order valence-electron chi connectivity index (χ4n) is 3.02. The lowest BCUT2D eigenvalue weighted by Gasteiger charge is -2.18. The Morgan fingerprint density at radius 3 is 2.14 bits per heavy atom. The van der Waals surface area contributed by atoms with E-state index in [0.29, 0.717) is 34.0 Å². The molecule has 144 valence electrons. The van der Waals surface area contributed by atoms with E-state index in [0.717, 1.165) is 22.4 Å². The quantitative estimate of drug-likeness (QED) is 0.409. The van der Waals surface area contributed by atoms with Crippen molar-refractivity contribution >= 4 is 28.7 Å². The number of nitriles is 2. The van der Waals surface area contributed by atoms with Crippen LogP contribution in [-0.4, -0.2) is 0 Å². The van der Waals surface area contributed by atoms with E-state index < -0.39 is 0 Å². The van der Waals surface area contributed by atoms with E-state index in [2.05, 4.69) is 17.5 Å². The van der Waals surface area contributed by atoms with E-state index in [1.54, 1.807) is 30.3 Å². The number of rotatable bonds is 5. The van der Waals surface area contributed by atoms with Crippen LogP contribution in [0.15, 0.2) is 48.5 Å². The number of nitrogens with two attached hydrogens (primary N) is 1. The van der Waals surface area contributed by atoms with Gasteiger partial charge in [0, 0.05) is 17.3 Å². The van der Waals surface area contributed by atoms with Crippen LogP contribution in [0.25, 0.3) is 0 Å². The third-order valence-corrected chi connectivity index (χ3v) is 4.76. The van der Waals surface area contributed by atoms with Crippen LogP contribution < -0.4 is 15.8 Å². The average molecular weight is 403 g/mol. The second-order valence-corrected chi connectivity index (χ2v) is 6.92. The van der Waals surface area contributed by atoms with Crippen molar-refractivity contribution in [2.24, 2.45) is 0 Å². The van der Waals surface area contributed by atoms with Crippen LogP contribution in [0.1, 0.15) is 27.8 Å². The number of alkyl halides is 1. The van der Waals surface area contributed by atoms with Gasteiger partial charge in [-0.25, -0.2) is 0 Å². The normalized spacial score (nSPS) is 10.1. The minimum atomic E-state index is 0.241. The number of aryl methyl sites for hydroxylation is 2. The fraction of sp³-hybridized carbons (Fsp3) is 0.130. The molecule has 0 saturated heterocycles. The van der Waals surface area contributed by atoms with Crippen LogP contribution in [-0.2, 0) is 5.88 Å². The third kappa shape index (κ3) is 4.43. The number of nitrogen functional groups attached to an aromatic ring is 1. The Hall–Kier alpha value is -3.67. The zero-order chi connectivity index (χ0) is 21.0. The van der Waals surface area contributed by atoms with Crippen molar-refractivity contribution in [3.63, 3.8) is 0 Å². The molecule has 3 aromatic rings. The van der Waals surface area contributed by atoms with E-state index in [9.17, 15) is 0 Å². The molecule has 0 aromatic heterocycles. The summed E-state index contributed by atoms with van der Waals surface area (Å²) >= 11 is 6.11. The molecule has 0 fully saturated rings. The first-order valence-corrected chi connectivity index (χ1v) is 9.43. The molecule has 3 N–H and O–H groups in total. The largest absolute Gasteiger partial charge is 0.456 e. The van der Waals surface area contributed by atoms with E-state index in [-0.39, 0.29) is 5.88 Å². The molecule has 0 amide bonds. The molecule has 5 nitrogen and oxygen atoms in total. The highest BCUT2D eigenvalue weighted by atomic mass is 35.5. The number of hydrogen-bond acceptors (Lipinski definition) is 5. The Balaban J connectivity index is 1.98. The molecule has 0 atom stereocenters. The van der Waals surface area contributed by atoms with Crippen LogP contribution in [0.2, 0.25) is 0 Å². The molecule has 0 spiro atoms. The molecule has 0 radical (unpaired) electrons. The fourth-order valence-corrected chi connectivity index (χ4v) is 3.23. The zero-order valence-electron chi connectivity index (χ0n) is 16.1. The van der Waals surface area contributed by atoms with Crippen LogP contribution in [0.5, 0.6) is 11.5 Å². The number of nitrogens with one attached hydrogen (secondary N) is 1. The Kier molecular flexibility index (Phi) is 5.93. The minimum Gasteiger partial charge on any atom is -0.456 e. The first-order valence-electron chi connectivity index (χ1n) is 8.90. The maximum Gasteiger partial charge on any atom is 0.134 e. The van der Waals surface area contributed by atoms with Crippen molar-refractivity contribution in [1.82, 2.24) is 0 Å². The Morgan fingerprint density at radius 1 is 0.966 bits per heavy atom. The topological polar surface area (TPSA) is 94.9 Å². The van der Waals surface area contributed by atoms with Crippen molar-refractivity contribution in [3.8, 4) is 23.6 Å². The standard InChI is InChI=1S/C23H19ClN4O/c1-14-7-17(13-26)8-15(2)23(14)29-22-10-21(20(27)9-18(22)11-24)28-19-5-3-16(12-25)4-6-19/h3-10,28H,11,27H2,1-2H3. The van der Waals surface area contributed by atoms with Gasteiger partial charge in [-0.2, -0.15) is 10.5 Å². The lowest BCUT2D eigenvalue weighted by Crippen LogP contribution is -2.01. The lowest BCUT2D eigenvalue weighted by atomic mass is 10.1. The molecule has 0 unspecified atom stereocenters. The van der Waals surface area contributed by atoms with Crippen molar-refractivity contribution in [3.05, 3.63) is 76.3 Å². The van der Waals surface area contributed by atoms with Crippen molar-refractivity contribution in [2.45, 2.75) is 19.7 Å². The predicted octanol–water partition coefficient (Wildman–Crippen LogP) is 5.90. The Morgan fingerprint density at radius 2 is 1.59 bits per heavy atom. The number of ether oxygens (including phenoxy) is 1. The average Bonchev–Trinajstić information content (AvgIpc) is 2.72. The summed E-state index contributed by atoms with van der Waals surface area (Å²) in [5.41, 5.74) is 11.8. The van der Waals surface area contributed by atoms with Crippen LogP contribution in [0.3, 0.4) is 0 Å². The summed E-state index contributed by atoms with van der Waals surface area (Å²) in [6.45, 7) is 3.80. The second-order valence-electron chi connectivity index (χ2n) is 6.65. The Labute approximate surface area is 174 Å². The SMILES string of the molecule is Cc1cc(C#N)cc(C)c1Oc1cc(Nc2ccc(C#N)cc2)c(N)cc1CCl. The number of anilines is 3. The van der Waals surface area contributed by atoms with E-state index in [1.807, 2.05) is 32.0 Å². The maximum absolute atomic E-state index is 9.14. The predicted molar refractivity (Wildman–Crippen MR) is 116 cm³/mol. The van der Waals surface area contributed by atoms with Gasteiger partial charge in [-0.15, -0.1) is 11.6 Å². The molecule has 0 heterocycles. The van der Waals surface area contributed by atoms with Gasteiger partial charge in [0.1, 0.15) is 11.5 Å². The van der Waals surface area contributed by atoms with Crippen molar-refractivity contribution in [1.29, 1.82) is 10.5 Å². The van der Waals surface area contributed by atoms with Gasteiger partial charge in [0.15, 0.2) is 0 Å². The van der Waals surface area contributed by atoms with E-state index in [4.69, 9.17) is 32.6 Å². The number of nitrogens with zero attached hydrogens (tertiary/aromatic N) is 2. The van der Waals surface area contributed by atoms with Crippen LogP contribution in [0, 0.1) is 36.5 Å². The van der Waals surface area contributed by atoms with Crippen molar-refractivity contribution in [2.75, 3.05) is 11.1 Å². The number of hydrogen-bond donors (Lipinski definition) is 2. The van der Waals surface area contributed by atoms with Gasteiger partial charge in [-0.05, 0) is 67.4 Å². The molecule has 3 rings (SSSR count). The monoisotopic (exact) mass is 402 g/mol. The van der Waals surface area contributed by atoms with Crippen LogP contribution in [0.4, 0.5) is 17.1 Å². The summed E-state index contributed by atoms with van der Waals surface area (Å²) in [6.07, 6.45) is 0. The summed E-state index contributed by atoms with van der Waals surface area (Å²) in [7, 11) is 0. The summed E-state index contributed by atoms with van der Waals surface area (Å²) in [6, 6.07) is 18.5. The summed E-state index contributed by atoms with van der Waals surface area (Å²) in [5.74, 6) is 1.51. The van der Waals surface area contributed by atoms with E-state index in [1.165, 1.54) is 0 Å². The van der Waals surface area contributed by atoms with Gasteiger partial charge >= 0.3 is 0 Å². The maximum atomic E-state index is 9.14. The molecule has 6 heteroatoms. The molecule has 0 aliphatic rings. The van der Waals surface area contributed by atoms with Gasteiger partial charge in [0.2, 0.25) is 0 Å².